The number of pyridine rings is 1. The normalized spacial score (nSPS) is 10.8. The van der Waals surface area contributed by atoms with Crippen LogP contribution in [0.5, 0.6) is 0 Å². The number of hydrogen-bond donors (Lipinski definition) is 1. The average Bonchev–Trinajstić information content (AvgIpc) is 2.73. The molecule has 3 heteroatoms. The average molecular weight is 226 g/mol. The van der Waals surface area contributed by atoms with E-state index in [1.165, 1.54) is 10.3 Å². The molecule has 3 rings (SSSR count). The van der Waals surface area contributed by atoms with Gasteiger partial charge in [-0.3, -0.25) is 0 Å². The molecule has 1 aromatic carbocycles. The third-order valence-electron chi connectivity index (χ3n) is 2.52. The molecule has 0 spiro atoms. The number of nitrogens with two attached hydrogens (primary N) is 1. The van der Waals surface area contributed by atoms with E-state index in [1.54, 1.807) is 11.3 Å². The third kappa shape index (κ3) is 1.46. The van der Waals surface area contributed by atoms with Crippen molar-refractivity contribution in [2.45, 2.75) is 0 Å². The molecule has 0 fully saturated rings. The van der Waals surface area contributed by atoms with Gasteiger partial charge < -0.3 is 5.73 Å². The molecule has 0 atom stereocenters. The highest BCUT2D eigenvalue weighted by atomic mass is 32.1. The van der Waals surface area contributed by atoms with Crippen LogP contribution < -0.4 is 5.73 Å². The fourth-order valence-corrected chi connectivity index (χ4v) is 2.78. The zero-order valence-corrected chi connectivity index (χ0v) is 9.37. The van der Waals surface area contributed by atoms with E-state index in [9.17, 15) is 0 Å². The van der Waals surface area contributed by atoms with Crippen molar-refractivity contribution in [3.8, 4) is 10.4 Å². The summed E-state index contributed by atoms with van der Waals surface area (Å²) in [6.45, 7) is 0. The molecule has 0 radical (unpaired) electrons. The number of benzene rings is 1. The van der Waals surface area contributed by atoms with Gasteiger partial charge in [0.1, 0.15) is 4.83 Å². The second kappa shape index (κ2) is 3.61. The van der Waals surface area contributed by atoms with Gasteiger partial charge in [-0.15, -0.1) is 11.3 Å². The van der Waals surface area contributed by atoms with E-state index in [1.807, 2.05) is 36.5 Å². The summed E-state index contributed by atoms with van der Waals surface area (Å²) in [5.74, 6) is 0. The molecule has 3 aromatic rings. The Morgan fingerprint density at radius 1 is 1.06 bits per heavy atom. The lowest BCUT2D eigenvalue weighted by Crippen LogP contribution is -1.86. The SMILES string of the molecule is Nc1ccccc1-c1cc2cccnc2s1. The molecule has 2 nitrogen and oxygen atoms in total. The van der Waals surface area contributed by atoms with Crippen LogP contribution in [0.1, 0.15) is 0 Å². The first kappa shape index (κ1) is 9.36. The van der Waals surface area contributed by atoms with E-state index >= 15 is 0 Å². The molecule has 0 aliphatic rings. The van der Waals surface area contributed by atoms with Gasteiger partial charge in [-0.1, -0.05) is 24.3 Å². The number of hydrogen-bond acceptors (Lipinski definition) is 3. The van der Waals surface area contributed by atoms with Crippen molar-refractivity contribution in [2.75, 3.05) is 5.73 Å². The first-order valence-corrected chi connectivity index (χ1v) is 5.86. The Balaban J connectivity index is 2.23. The molecule has 0 unspecified atom stereocenters. The van der Waals surface area contributed by atoms with Gasteiger partial charge in [0.2, 0.25) is 0 Å². The largest absolute Gasteiger partial charge is 0.398 e. The number of thiophene rings is 1. The van der Waals surface area contributed by atoms with Gasteiger partial charge in [0.25, 0.3) is 0 Å². The number of nitrogens with zero attached hydrogens (tertiary/aromatic N) is 1. The van der Waals surface area contributed by atoms with E-state index in [2.05, 4.69) is 17.1 Å². The summed E-state index contributed by atoms with van der Waals surface area (Å²) in [6, 6.07) is 14.1. The lowest BCUT2D eigenvalue weighted by Gasteiger charge is -2.00. The van der Waals surface area contributed by atoms with Gasteiger partial charge in [-0.25, -0.2) is 4.98 Å². The van der Waals surface area contributed by atoms with Crippen LogP contribution in [0, 0.1) is 0 Å². The summed E-state index contributed by atoms with van der Waals surface area (Å²) in [5, 5.41) is 1.17. The molecule has 0 saturated heterocycles. The minimum Gasteiger partial charge on any atom is -0.398 e. The lowest BCUT2D eigenvalue weighted by atomic mass is 10.1. The molecule has 2 aromatic heterocycles. The smallest absolute Gasteiger partial charge is 0.123 e. The summed E-state index contributed by atoms with van der Waals surface area (Å²) in [6.07, 6.45) is 1.82. The highest BCUT2D eigenvalue weighted by Gasteiger charge is 2.06. The number of fused-ring (bicyclic) bond motifs is 1. The lowest BCUT2D eigenvalue weighted by molar-refractivity contribution is 1.45. The molecule has 0 aliphatic carbocycles. The van der Waals surface area contributed by atoms with Crippen molar-refractivity contribution in [1.29, 1.82) is 0 Å². The predicted molar refractivity (Wildman–Crippen MR) is 69.5 cm³/mol. The Kier molecular flexibility index (Phi) is 2.11. The topological polar surface area (TPSA) is 38.9 Å². The fourth-order valence-electron chi connectivity index (χ4n) is 1.73. The van der Waals surface area contributed by atoms with Crippen molar-refractivity contribution in [2.24, 2.45) is 0 Å². The molecule has 0 bridgehead atoms. The maximum atomic E-state index is 5.96. The summed E-state index contributed by atoms with van der Waals surface area (Å²) in [4.78, 5) is 6.56. The van der Waals surface area contributed by atoms with E-state index in [0.29, 0.717) is 0 Å². The van der Waals surface area contributed by atoms with Crippen LogP contribution in [-0.2, 0) is 0 Å². The highest BCUT2D eigenvalue weighted by molar-refractivity contribution is 7.21. The molecular weight excluding hydrogens is 216 g/mol. The van der Waals surface area contributed by atoms with Crippen LogP contribution in [0.4, 0.5) is 5.69 Å². The molecule has 2 N–H and O–H groups in total. The van der Waals surface area contributed by atoms with Gasteiger partial charge in [0.05, 0.1) is 0 Å². The molecule has 16 heavy (non-hydrogen) atoms. The first-order valence-electron chi connectivity index (χ1n) is 5.04. The Morgan fingerprint density at radius 2 is 1.94 bits per heavy atom. The monoisotopic (exact) mass is 226 g/mol. The second-order valence-corrected chi connectivity index (χ2v) is 4.63. The van der Waals surface area contributed by atoms with Crippen molar-refractivity contribution in [3.05, 3.63) is 48.7 Å². The van der Waals surface area contributed by atoms with Gasteiger partial charge in [0, 0.05) is 27.7 Å². The summed E-state index contributed by atoms with van der Waals surface area (Å²) < 4.78 is 0. The third-order valence-corrected chi connectivity index (χ3v) is 3.61. The number of rotatable bonds is 1. The minimum atomic E-state index is 0.814. The predicted octanol–water partition coefficient (Wildman–Crippen LogP) is 3.55. The van der Waals surface area contributed by atoms with Crippen molar-refractivity contribution < 1.29 is 0 Å². The molecule has 0 saturated carbocycles. The minimum absolute atomic E-state index is 0.814. The summed E-state index contributed by atoms with van der Waals surface area (Å²) in [7, 11) is 0. The van der Waals surface area contributed by atoms with Crippen LogP contribution in [0.15, 0.2) is 48.7 Å². The zero-order chi connectivity index (χ0) is 11.0. The Hall–Kier alpha value is -1.87. The Bertz CT molecular complexity index is 610. The fraction of sp³-hybridized carbons (Fsp3) is 0. The zero-order valence-electron chi connectivity index (χ0n) is 8.55. The van der Waals surface area contributed by atoms with E-state index in [-0.39, 0.29) is 0 Å². The van der Waals surface area contributed by atoms with E-state index in [0.717, 1.165) is 16.1 Å². The number of anilines is 1. The molecule has 2 heterocycles. The summed E-state index contributed by atoms with van der Waals surface area (Å²) in [5.41, 5.74) is 7.86. The van der Waals surface area contributed by atoms with Crippen LogP contribution in [0.2, 0.25) is 0 Å². The quantitative estimate of drug-likeness (QED) is 0.644. The van der Waals surface area contributed by atoms with Crippen molar-refractivity contribution >= 4 is 27.2 Å². The van der Waals surface area contributed by atoms with Crippen LogP contribution in [0.3, 0.4) is 0 Å². The summed E-state index contributed by atoms with van der Waals surface area (Å²) >= 11 is 1.67. The van der Waals surface area contributed by atoms with Crippen molar-refractivity contribution in [1.82, 2.24) is 4.98 Å². The van der Waals surface area contributed by atoms with Crippen LogP contribution in [-0.4, -0.2) is 4.98 Å². The van der Waals surface area contributed by atoms with Crippen LogP contribution >= 0.6 is 11.3 Å². The molecule has 78 valence electrons. The highest BCUT2D eigenvalue weighted by Crippen LogP contribution is 2.34. The number of para-hydroxylation sites is 1. The Labute approximate surface area is 97.4 Å². The standard InChI is InChI=1S/C13H10N2S/c14-11-6-2-1-5-10(11)12-8-9-4-3-7-15-13(9)16-12/h1-8H,14H2. The second-order valence-electron chi connectivity index (χ2n) is 3.60. The van der Waals surface area contributed by atoms with Crippen LogP contribution in [0.25, 0.3) is 20.7 Å². The number of aromatic nitrogens is 1. The first-order chi connectivity index (χ1) is 7.84. The van der Waals surface area contributed by atoms with Gasteiger partial charge in [0.15, 0.2) is 0 Å². The number of nitrogen functional groups attached to an aromatic ring is 1. The van der Waals surface area contributed by atoms with E-state index < -0.39 is 0 Å². The van der Waals surface area contributed by atoms with Gasteiger partial charge >= 0.3 is 0 Å². The van der Waals surface area contributed by atoms with Gasteiger partial charge in [-0.05, 0) is 18.2 Å². The molecule has 0 amide bonds. The van der Waals surface area contributed by atoms with E-state index in [4.69, 9.17) is 5.73 Å². The maximum Gasteiger partial charge on any atom is 0.123 e. The molecule has 0 aliphatic heterocycles. The van der Waals surface area contributed by atoms with Gasteiger partial charge in [-0.2, -0.15) is 0 Å². The van der Waals surface area contributed by atoms with Crippen molar-refractivity contribution in [3.63, 3.8) is 0 Å². The molecular formula is C13H10N2S. The Morgan fingerprint density at radius 3 is 2.75 bits per heavy atom. The maximum absolute atomic E-state index is 5.96.